The van der Waals surface area contributed by atoms with Crippen LogP contribution in [0.4, 0.5) is 0 Å². The number of nitrogens with one attached hydrogen (secondary N) is 1. The van der Waals surface area contributed by atoms with Crippen LogP contribution in [0.3, 0.4) is 0 Å². The molecule has 1 N–H and O–H groups in total. The van der Waals surface area contributed by atoms with E-state index >= 15 is 0 Å². The van der Waals surface area contributed by atoms with Crippen LogP contribution in [0.5, 0.6) is 5.75 Å². The van der Waals surface area contributed by atoms with Crippen LogP contribution in [0, 0.1) is 5.92 Å². The average Bonchev–Trinajstić information content (AvgIpc) is 3.32. The van der Waals surface area contributed by atoms with Gasteiger partial charge in [-0.2, -0.15) is 4.31 Å². The minimum Gasteiger partial charge on any atom is -0.492 e. The number of ether oxygens (including phenoxy) is 1. The molecule has 2 heterocycles. The van der Waals surface area contributed by atoms with E-state index in [1.165, 1.54) is 15.6 Å². The summed E-state index contributed by atoms with van der Waals surface area (Å²) < 4.78 is 32.9. The minimum absolute atomic E-state index is 0.122. The molecule has 1 aliphatic rings. The third kappa shape index (κ3) is 4.66. The molecule has 3 aromatic rings. The second kappa shape index (κ2) is 9.16. The van der Waals surface area contributed by atoms with E-state index in [9.17, 15) is 13.2 Å². The number of nitrogens with zero attached hydrogens (tertiary/aromatic N) is 1. The summed E-state index contributed by atoms with van der Waals surface area (Å²) in [5.74, 6) is 0.297. The minimum atomic E-state index is -3.52. The predicted octanol–water partition coefficient (Wildman–Crippen LogP) is 3.50. The van der Waals surface area contributed by atoms with E-state index in [0.717, 1.165) is 16.5 Å². The van der Waals surface area contributed by atoms with Crippen LogP contribution in [0.25, 0.3) is 10.8 Å². The van der Waals surface area contributed by atoms with E-state index < -0.39 is 10.0 Å². The van der Waals surface area contributed by atoms with E-state index in [2.05, 4.69) is 5.32 Å². The maximum absolute atomic E-state index is 12.7. The van der Waals surface area contributed by atoms with Crippen molar-refractivity contribution in [1.29, 1.82) is 0 Å². The van der Waals surface area contributed by atoms with Crippen molar-refractivity contribution in [2.24, 2.45) is 5.92 Å². The van der Waals surface area contributed by atoms with Gasteiger partial charge in [0.1, 0.15) is 16.6 Å². The number of piperidine rings is 1. The van der Waals surface area contributed by atoms with Gasteiger partial charge in [-0.3, -0.25) is 4.79 Å². The van der Waals surface area contributed by atoms with Crippen LogP contribution < -0.4 is 10.1 Å². The Balaban J connectivity index is 1.27. The fourth-order valence-corrected chi connectivity index (χ4v) is 6.33. The predicted molar refractivity (Wildman–Crippen MR) is 118 cm³/mol. The molecular weight excluding hydrogens is 420 g/mol. The maximum atomic E-state index is 12.7. The van der Waals surface area contributed by atoms with Crippen molar-refractivity contribution in [3.63, 3.8) is 0 Å². The van der Waals surface area contributed by atoms with E-state index in [4.69, 9.17) is 4.74 Å². The zero-order chi connectivity index (χ0) is 21.0. The number of benzene rings is 2. The first kappa shape index (κ1) is 20.8. The fourth-order valence-electron chi connectivity index (χ4n) is 3.66. The maximum Gasteiger partial charge on any atom is 0.252 e. The van der Waals surface area contributed by atoms with Gasteiger partial charge in [0.05, 0.1) is 12.5 Å². The van der Waals surface area contributed by atoms with Gasteiger partial charge in [-0.05, 0) is 47.2 Å². The van der Waals surface area contributed by atoms with Crippen molar-refractivity contribution >= 4 is 38.0 Å². The normalized spacial score (nSPS) is 17.7. The summed E-state index contributed by atoms with van der Waals surface area (Å²) in [6.45, 7) is 1.40. The van der Waals surface area contributed by atoms with Gasteiger partial charge in [0.25, 0.3) is 10.0 Å². The lowest BCUT2D eigenvalue weighted by molar-refractivity contribution is -0.126. The van der Waals surface area contributed by atoms with Crippen molar-refractivity contribution < 1.29 is 17.9 Å². The molecule has 1 unspecified atom stereocenters. The monoisotopic (exact) mass is 444 g/mol. The van der Waals surface area contributed by atoms with E-state index in [1.807, 2.05) is 42.5 Å². The van der Waals surface area contributed by atoms with Gasteiger partial charge < -0.3 is 10.1 Å². The first-order chi connectivity index (χ1) is 14.5. The molecule has 6 nitrogen and oxygen atoms in total. The zero-order valence-corrected chi connectivity index (χ0v) is 18.1. The molecule has 1 saturated heterocycles. The topological polar surface area (TPSA) is 75.7 Å². The Kier molecular flexibility index (Phi) is 6.36. The van der Waals surface area contributed by atoms with Gasteiger partial charge in [0.15, 0.2) is 0 Å². The highest BCUT2D eigenvalue weighted by atomic mass is 32.2. The lowest BCUT2D eigenvalue weighted by Crippen LogP contribution is -2.45. The van der Waals surface area contributed by atoms with Crippen molar-refractivity contribution in [3.05, 3.63) is 60.0 Å². The quantitative estimate of drug-likeness (QED) is 0.566. The second-order valence-electron chi connectivity index (χ2n) is 7.28. The molecule has 0 spiro atoms. The largest absolute Gasteiger partial charge is 0.492 e. The summed E-state index contributed by atoms with van der Waals surface area (Å²) in [6, 6.07) is 17.3. The highest BCUT2D eigenvalue weighted by molar-refractivity contribution is 7.91. The second-order valence-corrected chi connectivity index (χ2v) is 10.4. The summed E-state index contributed by atoms with van der Waals surface area (Å²) in [7, 11) is -3.52. The van der Waals surface area contributed by atoms with Crippen LogP contribution in [0.1, 0.15) is 12.8 Å². The van der Waals surface area contributed by atoms with E-state index in [-0.39, 0.29) is 18.4 Å². The molecule has 0 radical (unpaired) electrons. The smallest absolute Gasteiger partial charge is 0.252 e. The summed E-state index contributed by atoms with van der Waals surface area (Å²) in [4.78, 5) is 12.6. The van der Waals surface area contributed by atoms with Gasteiger partial charge in [-0.1, -0.05) is 36.4 Å². The molecule has 1 atom stereocenters. The zero-order valence-electron chi connectivity index (χ0n) is 16.5. The first-order valence-electron chi connectivity index (χ1n) is 9.97. The number of fused-ring (bicyclic) bond motifs is 1. The van der Waals surface area contributed by atoms with Crippen molar-refractivity contribution in [2.45, 2.75) is 17.1 Å². The number of carbonyl (C=O) groups excluding carboxylic acids is 1. The highest BCUT2D eigenvalue weighted by Crippen LogP contribution is 2.26. The van der Waals surface area contributed by atoms with Crippen LogP contribution in [-0.4, -0.2) is 44.9 Å². The molecule has 30 heavy (non-hydrogen) atoms. The lowest BCUT2D eigenvalue weighted by Gasteiger charge is -2.30. The molecule has 1 amide bonds. The SMILES string of the molecule is O=C(NCCOc1ccc2ccccc2c1)C1CCCN(S(=O)(=O)c2cccs2)C1. The molecule has 0 saturated carbocycles. The van der Waals surface area contributed by atoms with Gasteiger partial charge in [0, 0.05) is 13.1 Å². The van der Waals surface area contributed by atoms with Crippen molar-refractivity contribution in [1.82, 2.24) is 9.62 Å². The van der Waals surface area contributed by atoms with Crippen molar-refractivity contribution in [3.8, 4) is 5.75 Å². The van der Waals surface area contributed by atoms with E-state index in [1.54, 1.807) is 17.5 Å². The van der Waals surface area contributed by atoms with Crippen LogP contribution >= 0.6 is 11.3 Å². The Hall–Kier alpha value is -2.42. The number of hydrogen-bond donors (Lipinski definition) is 1. The number of amides is 1. The number of thiophene rings is 1. The molecule has 1 aliphatic heterocycles. The van der Waals surface area contributed by atoms with Crippen LogP contribution in [0.2, 0.25) is 0 Å². The van der Waals surface area contributed by atoms with E-state index in [0.29, 0.717) is 36.7 Å². The summed E-state index contributed by atoms with van der Waals surface area (Å²) in [6.07, 6.45) is 1.37. The molecule has 158 valence electrons. The van der Waals surface area contributed by atoms with Gasteiger partial charge >= 0.3 is 0 Å². The number of hydrogen-bond acceptors (Lipinski definition) is 5. The molecule has 4 rings (SSSR count). The molecular formula is C22H24N2O4S2. The lowest BCUT2D eigenvalue weighted by atomic mass is 9.99. The number of carbonyl (C=O) groups is 1. The molecule has 0 aliphatic carbocycles. The van der Waals surface area contributed by atoms with Crippen LogP contribution in [-0.2, 0) is 14.8 Å². The molecule has 1 fully saturated rings. The molecule has 0 bridgehead atoms. The van der Waals surface area contributed by atoms with Gasteiger partial charge in [-0.15, -0.1) is 11.3 Å². The standard InChI is InChI=1S/C22H24N2O4S2/c25-22(19-7-3-12-24(16-19)30(26,27)21-8-4-14-29-21)23-11-13-28-20-10-9-17-5-1-2-6-18(17)15-20/h1-2,4-6,8-10,14-15,19H,3,7,11-13,16H2,(H,23,25). The Morgan fingerprint density at radius 1 is 1.13 bits per heavy atom. The third-order valence-corrected chi connectivity index (χ3v) is 8.47. The summed E-state index contributed by atoms with van der Waals surface area (Å²) in [5.41, 5.74) is 0. The van der Waals surface area contributed by atoms with Gasteiger partial charge in [0.2, 0.25) is 5.91 Å². The Bertz CT molecular complexity index is 1110. The Morgan fingerprint density at radius 3 is 2.77 bits per heavy atom. The molecule has 1 aromatic heterocycles. The fraction of sp³-hybridized carbons (Fsp3) is 0.318. The number of rotatable bonds is 7. The molecule has 8 heteroatoms. The first-order valence-corrected chi connectivity index (χ1v) is 12.3. The Labute approximate surface area is 180 Å². The van der Waals surface area contributed by atoms with Crippen LogP contribution in [0.15, 0.2) is 64.2 Å². The highest BCUT2D eigenvalue weighted by Gasteiger charge is 2.33. The van der Waals surface area contributed by atoms with Gasteiger partial charge in [-0.25, -0.2) is 8.42 Å². The average molecular weight is 445 g/mol. The summed E-state index contributed by atoms with van der Waals surface area (Å²) >= 11 is 1.20. The molecule has 2 aromatic carbocycles. The van der Waals surface area contributed by atoms with Crippen molar-refractivity contribution in [2.75, 3.05) is 26.2 Å². The third-order valence-electron chi connectivity index (χ3n) is 5.24. The number of sulfonamides is 1. The Morgan fingerprint density at radius 2 is 1.97 bits per heavy atom. The summed E-state index contributed by atoms with van der Waals surface area (Å²) in [5, 5.41) is 6.89.